The molecule has 94 valence electrons. The molecular formula is C10H19NO4S. The number of aliphatic carboxylic acids is 1. The molecule has 1 saturated heterocycles. The average molecular weight is 249 g/mol. The van der Waals surface area contributed by atoms with Crippen molar-refractivity contribution >= 4 is 15.8 Å². The van der Waals surface area contributed by atoms with E-state index < -0.39 is 15.8 Å². The van der Waals surface area contributed by atoms with Crippen LogP contribution in [0.1, 0.15) is 19.8 Å². The lowest BCUT2D eigenvalue weighted by molar-refractivity contribution is -0.143. The molecule has 0 atom stereocenters. The number of hydrogen-bond donors (Lipinski definition) is 1. The van der Waals surface area contributed by atoms with E-state index >= 15 is 0 Å². The molecule has 16 heavy (non-hydrogen) atoms. The minimum absolute atomic E-state index is 0.179. The molecule has 5 nitrogen and oxygen atoms in total. The van der Waals surface area contributed by atoms with Crippen LogP contribution in [0.2, 0.25) is 0 Å². The van der Waals surface area contributed by atoms with Crippen molar-refractivity contribution in [3.05, 3.63) is 0 Å². The Hall–Kier alpha value is -0.620. The fraction of sp³-hybridized carbons (Fsp3) is 0.900. The van der Waals surface area contributed by atoms with Crippen LogP contribution >= 0.6 is 0 Å². The van der Waals surface area contributed by atoms with Crippen LogP contribution in [0.3, 0.4) is 0 Å². The first-order valence-electron chi connectivity index (χ1n) is 5.60. The van der Waals surface area contributed by atoms with E-state index in [0.29, 0.717) is 32.5 Å². The van der Waals surface area contributed by atoms with Gasteiger partial charge in [0.1, 0.15) is 0 Å². The Morgan fingerprint density at radius 1 is 1.38 bits per heavy atom. The van der Waals surface area contributed by atoms with Gasteiger partial charge < -0.3 is 10.0 Å². The molecule has 1 heterocycles. The Morgan fingerprint density at radius 3 is 2.38 bits per heavy atom. The van der Waals surface area contributed by atoms with Crippen molar-refractivity contribution < 1.29 is 18.3 Å². The zero-order chi connectivity index (χ0) is 12.2. The summed E-state index contributed by atoms with van der Waals surface area (Å²) >= 11 is 0. The lowest BCUT2D eigenvalue weighted by atomic mass is 9.97. The second-order valence-corrected chi connectivity index (χ2v) is 6.66. The quantitative estimate of drug-likeness (QED) is 0.754. The predicted octanol–water partition coefficient (Wildman–Crippen LogP) is 0.218. The number of carboxylic acids is 1. The van der Waals surface area contributed by atoms with Crippen LogP contribution in [-0.2, 0) is 14.6 Å². The summed E-state index contributed by atoms with van der Waals surface area (Å²) < 4.78 is 22.6. The Kier molecular flexibility index (Phi) is 4.73. The minimum atomic E-state index is -2.91. The lowest BCUT2D eigenvalue weighted by Gasteiger charge is -2.29. The molecule has 0 unspecified atom stereocenters. The van der Waals surface area contributed by atoms with E-state index in [1.807, 2.05) is 4.90 Å². The Bertz CT molecular complexity index is 331. The third kappa shape index (κ3) is 4.09. The first kappa shape index (κ1) is 13.4. The molecule has 0 aliphatic carbocycles. The SMILES string of the molecule is CCS(=O)(=O)CCN1CCC(C(=O)O)CC1. The molecular weight excluding hydrogens is 230 g/mol. The summed E-state index contributed by atoms with van der Waals surface area (Å²) in [6.07, 6.45) is 1.25. The van der Waals surface area contributed by atoms with E-state index in [4.69, 9.17) is 5.11 Å². The standard InChI is InChI=1S/C10H19NO4S/c1-2-16(14,15)8-7-11-5-3-9(4-6-11)10(12)13/h9H,2-8H2,1H3,(H,12,13). The molecule has 1 aliphatic heterocycles. The highest BCUT2D eigenvalue weighted by Crippen LogP contribution is 2.16. The first-order valence-corrected chi connectivity index (χ1v) is 7.42. The van der Waals surface area contributed by atoms with Gasteiger partial charge in [0.05, 0.1) is 11.7 Å². The molecule has 0 bridgehead atoms. The normalized spacial score (nSPS) is 19.8. The Morgan fingerprint density at radius 2 is 1.94 bits per heavy atom. The molecule has 0 aromatic rings. The Labute approximate surface area is 96.4 Å². The van der Waals surface area contributed by atoms with E-state index in [2.05, 4.69) is 0 Å². The zero-order valence-electron chi connectivity index (χ0n) is 9.55. The first-order chi connectivity index (χ1) is 7.44. The number of piperidine rings is 1. The summed E-state index contributed by atoms with van der Waals surface area (Å²) in [4.78, 5) is 12.7. The predicted molar refractivity (Wildman–Crippen MR) is 61.1 cm³/mol. The zero-order valence-corrected chi connectivity index (χ0v) is 10.4. The number of nitrogens with zero attached hydrogens (tertiary/aromatic N) is 1. The van der Waals surface area contributed by atoms with Crippen LogP contribution in [0.4, 0.5) is 0 Å². The molecule has 0 aromatic carbocycles. The van der Waals surface area contributed by atoms with E-state index in [0.717, 1.165) is 0 Å². The van der Waals surface area contributed by atoms with Gasteiger partial charge in [-0.05, 0) is 25.9 Å². The molecule has 1 fully saturated rings. The summed E-state index contributed by atoms with van der Waals surface area (Å²) in [7, 11) is -2.91. The van der Waals surface area contributed by atoms with Gasteiger partial charge in [-0.15, -0.1) is 0 Å². The number of hydrogen-bond acceptors (Lipinski definition) is 4. The van der Waals surface area contributed by atoms with Crippen LogP contribution in [0.5, 0.6) is 0 Å². The lowest BCUT2D eigenvalue weighted by Crippen LogP contribution is -2.38. The second-order valence-electron chi connectivity index (χ2n) is 4.19. The van der Waals surface area contributed by atoms with Crippen LogP contribution in [0.25, 0.3) is 0 Å². The average Bonchev–Trinajstić information content (AvgIpc) is 2.27. The van der Waals surface area contributed by atoms with Crippen molar-refractivity contribution in [2.45, 2.75) is 19.8 Å². The van der Waals surface area contributed by atoms with Gasteiger partial charge in [0, 0.05) is 12.3 Å². The van der Waals surface area contributed by atoms with Crippen molar-refractivity contribution in [1.82, 2.24) is 4.90 Å². The van der Waals surface area contributed by atoms with E-state index in [1.54, 1.807) is 6.92 Å². The van der Waals surface area contributed by atoms with E-state index in [1.165, 1.54) is 0 Å². The molecule has 0 aromatic heterocycles. The molecule has 1 N–H and O–H groups in total. The molecule has 0 radical (unpaired) electrons. The van der Waals surface area contributed by atoms with Gasteiger partial charge in [0.15, 0.2) is 9.84 Å². The fourth-order valence-corrected chi connectivity index (χ4v) is 2.64. The smallest absolute Gasteiger partial charge is 0.306 e. The maximum atomic E-state index is 11.3. The number of carbonyl (C=O) groups is 1. The summed E-state index contributed by atoms with van der Waals surface area (Å²) in [6, 6.07) is 0. The maximum absolute atomic E-state index is 11.3. The van der Waals surface area contributed by atoms with Crippen LogP contribution in [-0.4, -0.2) is 55.5 Å². The third-order valence-corrected chi connectivity index (χ3v) is 4.78. The monoisotopic (exact) mass is 249 g/mol. The minimum Gasteiger partial charge on any atom is -0.481 e. The van der Waals surface area contributed by atoms with Gasteiger partial charge in [-0.3, -0.25) is 4.79 Å². The molecule has 6 heteroatoms. The van der Waals surface area contributed by atoms with Crippen molar-refractivity contribution in [3.63, 3.8) is 0 Å². The van der Waals surface area contributed by atoms with Gasteiger partial charge in [0.25, 0.3) is 0 Å². The van der Waals surface area contributed by atoms with Crippen LogP contribution < -0.4 is 0 Å². The molecule has 0 saturated carbocycles. The van der Waals surface area contributed by atoms with Crippen molar-refractivity contribution in [2.24, 2.45) is 5.92 Å². The van der Waals surface area contributed by atoms with Crippen molar-refractivity contribution in [3.8, 4) is 0 Å². The third-order valence-electron chi connectivity index (χ3n) is 3.10. The molecule has 0 spiro atoms. The fourth-order valence-electron chi connectivity index (χ4n) is 1.82. The number of rotatable bonds is 5. The summed E-state index contributed by atoms with van der Waals surface area (Å²) in [6.45, 7) is 3.56. The highest BCUT2D eigenvalue weighted by Gasteiger charge is 2.24. The Balaban J connectivity index is 2.30. The van der Waals surface area contributed by atoms with Gasteiger partial charge in [-0.25, -0.2) is 8.42 Å². The van der Waals surface area contributed by atoms with E-state index in [-0.39, 0.29) is 17.4 Å². The molecule has 1 aliphatic rings. The van der Waals surface area contributed by atoms with Gasteiger partial charge in [0.2, 0.25) is 0 Å². The number of likely N-dealkylation sites (tertiary alicyclic amines) is 1. The summed E-state index contributed by atoms with van der Waals surface area (Å²) in [5.41, 5.74) is 0. The van der Waals surface area contributed by atoms with E-state index in [9.17, 15) is 13.2 Å². The van der Waals surface area contributed by atoms with Gasteiger partial charge >= 0.3 is 5.97 Å². The molecule has 1 rings (SSSR count). The maximum Gasteiger partial charge on any atom is 0.306 e. The second kappa shape index (κ2) is 5.63. The highest BCUT2D eigenvalue weighted by atomic mass is 32.2. The summed E-state index contributed by atoms with van der Waals surface area (Å²) in [5.74, 6) is -0.625. The number of sulfone groups is 1. The molecule has 0 amide bonds. The van der Waals surface area contributed by atoms with Crippen molar-refractivity contribution in [1.29, 1.82) is 0 Å². The van der Waals surface area contributed by atoms with Crippen LogP contribution in [0, 0.1) is 5.92 Å². The van der Waals surface area contributed by atoms with Gasteiger partial charge in [-0.1, -0.05) is 6.92 Å². The van der Waals surface area contributed by atoms with Crippen molar-refractivity contribution in [2.75, 3.05) is 31.1 Å². The highest BCUT2D eigenvalue weighted by molar-refractivity contribution is 7.91. The topological polar surface area (TPSA) is 74.7 Å². The summed E-state index contributed by atoms with van der Waals surface area (Å²) in [5, 5.41) is 8.81. The largest absolute Gasteiger partial charge is 0.481 e. The van der Waals surface area contributed by atoms with Gasteiger partial charge in [-0.2, -0.15) is 0 Å². The number of carboxylic acid groups (broad SMARTS) is 1. The van der Waals surface area contributed by atoms with Crippen LogP contribution in [0.15, 0.2) is 0 Å².